The lowest BCUT2D eigenvalue weighted by Gasteiger charge is -2.35. The maximum absolute atomic E-state index is 11.1. The van der Waals surface area contributed by atoms with Crippen molar-refractivity contribution >= 4 is 11.7 Å². The van der Waals surface area contributed by atoms with Crippen LogP contribution in [0.3, 0.4) is 0 Å². The Labute approximate surface area is 112 Å². The number of aliphatic carboxylic acids is 1. The van der Waals surface area contributed by atoms with Crippen LogP contribution in [0.25, 0.3) is 0 Å². The van der Waals surface area contributed by atoms with Crippen molar-refractivity contribution in [1.29, 1.82) is 0 Å². The van der Waals surface area contributed by atoms with Gasteiger partial charge in [0.05, 0.1) is 6.10 Å². The van der Waals surface area contributed by atoms with E-state index in [2.05, 4.69) is 17.4 Å². The number of carbonyl (C=O) groups is 1. The van der Waals surface area contributed by atoms with Crippen molar-refractivity contribution in [2.24, 2.45) is 0 Å². The van der Waals surface area contributed by atoms with Crippen LogP contribution in [-0.4, -0.2) is 48.8 Å². The normalized spacial score (nSPS) is 26.8. The molecule has 0 aliphatic carbocycles. The van der Waals surface area contributed by atoms with Crippen molar-refractivity contribution in [3.05, 3.63) is 29.3 Å². The monoisotopic (exact) mass is 262 g/mol. The smallest absolute Gasteiger partial charge is 0.334 e. The molecule has 102 valence electrons. The topological polar surface area (TPSA) is 61.8 Å². The number of likely N-dealkylation sites (N-methyl/N-ethyl adjacent to an activating group) is 1. The van der Waals surface area contributed by atoms with Crippen molar-refractivity contribution < 1.29 is 14.6 Å². The van der Waals surface area contributed by atoms with Crippen molar-refractivity contribution in [2.45, 2.75) is 18.6 Å². The lowest BCUT2D eigenvalue weighted by Crippen LogP contribution is -2.45. The zero-order valence-corrected chi connectivity index (χ0v) is 10.9. The fourth-order valence-electron chi connectivity index (χ4n) is 2.91. The summed E-state index contributed by atoms with van der Waals surface area (Å²) in [6.45, 7) is 2.12. The maximum Gasteiger partial charge on any atom is 0.334 e. The Morgan fingerprint density at radius 1 is 1.47 bits per heavy atom. The van der Waals surface area contributed by atoms with E-state index in [9.17, 15) is 4.79 Å². The number of nitrogens with zero attached hydrogens (tertiary/aromatic N) is 1. The van der Waals surface area contributed by atoms with Crippen LogP contribution in [0.15, 0.2) is 18.2 Å². The summed E-state index contributed by atoms with van der Waals surface area (Å²) in [5.41, 5.74) is 3.55. The third-order valence-electron chi connectivity index (χ3n) is 3.81. The number of benzene rings is 1. The summed E-state index contributed by atoms with van der Waals surface area (Å²) >= 11 is 0. The van der Waals surface area contributed by atoms with Crippen molar-refractivity contribution in [3.8, 4) is 0 Å². The van der Waals surface area contributed by atoms with Gasteiger partial charge >= 0.3 is 5.97 Å². The van der Waals surface area contributed by atoms with Gasteiger partial charge in [-0.1, -0.05) is 12.1 Å². The summed E-state index contributed by atoms with van der Waals surface area (Å²) in [7, 11) is 1.94. The quantitative estimate of drug-likeness (QED) is 0.836. The van der Waals surface area contributed by atoms with E-state index in [1.165, 1.54) is 5.56 Å². The average Bonchev–Trinajstić information content (AvgIpc) is 2.85. The van der Waals surface area contributed by atoms with Crippen molar-refractivity contribution in [1.82, 2.24) is 4.90 Å². The molecule has 5 nitrogen and oxygen atoms in total. The molecule has 0 saturated carbocycles. The van der Waals surface area contributed by atoms with E-state index in [0.29, 0.717) is 6.54 Å². The number of fused-ring (bicyclic) bond motifs is 1. The van der Waals surface area contributed by atoms with Gasteiger partial charge in [-0.2, -0.15) is 0 Å². The molecule has 1 aromatic carbocycles. The van der Waals surface area contributed by atoms with Gasteiger partial charge in [0.1, 0.15) is 0 Å². The minimum Gasteiger partial charge on any atom is -0.479 e. The van der Waals surface area contributed by atoms with E-state index in [1.807, 2.05) is 18.0 Å². The lowest BCUT2D eigenvalue weighted by molar-refractivity contribution is -0.163. The second kappa shape index (κ2) is 4.83. The molecular weight excluding hydrogens is 244 g/mol. The number of carboxylic acids is 1. The van der Waals surface area contributed by atoms with Crippen molar-refractivity contribution in [2.75, 3.05) is 32.0 Å². The molecule has 2 atom stereocenters. The molecule has 1 saturated heterocycles. The number of rotatable bonds is 2. The highest BCUT2D eigenvalue weighted by Gasteiger charge is 2.33. The Hall–Kier alpha value is -1.59. The van der Waals surface area contributed by atoms with Crippen LogP contribution in [0.5, 0.6) is 0 Å². The molecular formula is C14H18N2O3. The van der Waals surface area contributed by atoms with Crippen LogP contribution < -0.4 is 5.32 Å². The Bertz CT molecular complexity index is 503. The number of carboxylic acid groups (broad SMARTS) is 1. The Morgan fingerprint density at radius 3 is 3.11 bits per heavy atom. The highest BCUT2D eigenvalue weighted by atomic mass is 16.5. The SMILES string of the molecule is CN1CC(C(=O)O)OC(c2cccc3c2CCN3)C1. The summed E-state index contributed by atoms with van der Waals surface area (Å²) in [5, 5.41) is 12.5. The number of hydrogen-bond donors (Lipinski definition) is 2. The van der Waals surface area contributed by atoms with Crippen LogP contribution in [0.1, 0.15) is 17.2 Å². The molecule has 19 heavy (non-hydrogen) atoms. The van der Waals surface area contributed by atoms with E-state index in [0.717, 1.165) is 30.8 Å². The van der Waals surface area contributed by atoms with Gasteiger partial charge in [-0.3, -0.25) is 0 Å². The highest BCUT2D eigenvalue weighted by molar-refractivity contribution is 5.72. The van der Waals surface area contributed by atoms with Gasteiger partial charge in [-0.15, -0.1) is 0 Å². The second-order valence-electron chi connectivity index (χ2n) is 5.22. The summed E-state index contributed by atoms with van der Waals surface area (Å²) in [6, 6.07) is 6.11. The molecule has 2 unspecified atom stereocenters. The number of anilines is 1. The summed E-state index contributed by atoms with van der Waals surface area (Å²) in [6.07, 6.45) is 0.0796. The first kappa shape index (κ1) is 12.4. The second-order valence-corrected chi connectivity index (χ2v) is 5.22. The first-order chi connectivity index (χ1) is 9.15. The molecule has 3 rings (SSSR count). The standard InChI is InChI=1S/C14H18N2O3/c1-16-7-12(19-13(8-16)14(17)18)10-3-2-4-11-9(10)5-6-15-11/h2-4,12-13,15H,5-8H2,1H3,(H,17,18). The number of ether oxygens (including phenoxy) is 1. The van der Waals surface area contributed by atoms with E-state index >= 15 is 0 Å². The fourth-order valence-corrected chi connectivity index (χ4v) is 2.91. The van der Waals surface area contributed by atoms with E-state index in [-0.39, 0.29) is 6.10 Å². The molecule has 0 bridgehead atoms. The Kier molecular flexibility index (Phi) is 3.16. The van der Waals surface area contributed by atoms with E-state index in [1.54, 1.807) is 0 Å². The van der Waals surface area contributed by atoms with Gasteiger partial charge in [0.25, 0.3) is 0 Å². The molecule has 5 heteroatoms. The fraction of sp³-hybridized carbons (Fsp3) is 0.500. The average molecular weight is 262 g/mol. The number of nitrogens with one attached hydrogen (secondary N) is 1. The molecule has 1 aromatic rings. The summed E-state index contributed by atoms with van der Waals surface area (Å²) in [4.78, 5) is 13.2. The molecule has 1 fully saturated rings. The van der Waals surface area contributed by atoms with Gasteiger partial charge in [0.15, 0.2) is 6.10 Å². The third kappa shape index (κ3) is 2.31. The minimum atomic E-state index is -0.887. The van der Waals surface area contributed by atoms with Crippen molar-refractivity contribution in [3.63, 3.8) is 0 Å². The zero-order valence-electron chi connectivity index (χ0n) is 10.9. The van der Waals surface area contributed by atoms with Gasteiger partial charge in [0, 0.05) is 25.3 Å². The molecule has 2 aliphatic heterocycles. The Morgan fingerprint density at radius 2 is 2.32 bits per heavy atom. The summed E-state index contributed by atoms with van der Waals surface area (Å²) < 4.78 is 5.76. The third-order valence-corrected chi connectivity index (χ3v) is 3.81. The van der Waals surface area contributed by atoms with Gasteiger partial charge < -0.3 is 20.1 Å². The van der Waals surface area contributed by atoms with Gasteiger partial charge in [-0.25, -0.2) is 4.79 Å². The van der Waals surface area contributed by atoms with Crippen LogP contribution in [0.2, 0.25) is 0 Å². The lowest BCUT2D eigenvalue weighted by atomic mass is 9.98. The number of hydrogen-bond acceptors (Lipinski definition) is 4. The molecule has 2 N–H and O–H groups in total. The summed E-state index contributed by atoms with van der Waals surface area (Å²) in [5.74, 6) is -0.887. The molecule has 0 amide bonds. The predicted octanol–water partition coefficient (Wildman–Crippen LogP) is 1.11. The first-order valence-corrected chi connectivity index (χ1v) is 6.57. The molecule has 0 aromatic heterocycles. The largest absolute Gasteiger partial charge is 0.479 e. The minimum absolute atomic E-state index is 0.158. The maximum atomic E-state index is 11.1. The van der Waals surface area contributed by atoms with Crippen LogP contribution >= 0.6 is 0 Å². The molecule has 2 aliphatic rings. The predicted molar refractivity (Wildman–Crippen MR) is 71.4 cm³/mol. The number of morpholine rings is 1. The van der Waals surface area contributed by atoms with E-state index < -0.39 is 12.1 Å². The first-order valence-electron chi connectivity index (χ1n) is 6.57. The van der Waals surface area contributed by atoms with Crippen LogP contribution in [-0.2, 0) is 16.0 Å². The zero-order chi connectivity index (χ0) is 13.4. The highest BCUT2D eigenvalue weighted by Crippen LogP contribution is 2.33. The molecule has 0 radical (unpaired) electrons. The molecule has 0 spiro atoms. The van der Waals surface area contributed by atoms with Gasteiger partial charge in [-0.05, 0) is 30.7 Å². The van der Waals surface area contributed by atoms with Crippen LogP contribution in [0, 0.1) is 0 Å². The molecule has 2 heterocycles. The van der Waals surface area contributed by atoms with Crippen LogP contribution in [0.4, 0.5) is 5.69 Å². The Balaban J connectivity index is 1.89. The van der Waals surface area contributed by atoms with Gasteiger partial charge in [0.2, 0.25) is 0 Å². The van der Waals surface area contributed by atoms with E-state index in [4.69, 9.17) is 9.84 Å².